The van der Waals surface area contributed by atoms with Crippen LogP contribution >= 0.6 is 0 Å². The molecular weight excluding hydrogens is 372 g/mol. The third kappa shape index (κ3) is 14.2. The maximum absolute atomic E-state index is 11.8. The van der Waals surface area contributed by atoms with E-state index in [9.17, 15) is 9.59 Å². The van der Waals surface area contributed by atoms with Crippen LogP contribution in [0.25, 0.3) is 0 Å². The Morgan fingerprint density at radius 1 is 0.655 bits per heavy atom. The smallest absolute Gasteiger partial charge is 0.434 e. The molecule has 1 saturated carbocycles. The van der Waals surface area contributed by atoms with Crippen LogP contribution in [0.2, 0.25) is 0 Å². The third-order valence-electron chi connectivity index (χ3n) is 5.19. The molecule has 0 bridgehead atoms. The first-order valence-electron chi connectivity index (χ1n) is 11.5. The van der Waals surface area contributed by atoms with Gasteiger partial charge >= 0.3 is 12.3 Å². The molecule has 0 amide bonds. The van der Waals surface area contributed by atoms with Crippen molar-refractivity contribution >= 4 is 12.3 Å². The van der Waals surface area contributed by atoms with E-state index >= 15 is 0 Å². The Morgan fingerprint density at radius 3 is 1.45 bits per heavy atom. The monoisotopic (exact) mass is 414 g/mol. The number of carbonyl (C=O) groups excluding carboxylic acids is 2. The van der Waals surface area contributed by atoms with Crippen LogP contribution < -0.4 is 0 Å². The summed E-state index contributed by atoms with van der Waals surface area (Å²) < 4.78 is 21.0. The van der Waals surface area contributed by atoms with Crippen LogP contribution in [0.1, 0.15) is 98.3 Å². The molecule has 29 heavy (non-hydrogen) atoms. The van der Waals surface area contributed by atoms with E-state index in [1.807, 2.05) is 0 Å². The summed E-state index contributed by atoms with van der Waals surface area (Å²) in [5.74, 6) is 1.39. The first-order chi connectivity index (χ1) is 13.9. The molecule has 0 aliphatic heterocycles. The fourth-order valence-corrected chi connectivity index (χ4v) is 3.41. The second kappa shape index (κ2) is 15.4. The lowest BCUT2D eigenvalue weighted by molar-refractivity contribution is -0.0271. The highest BCUT2D eigenvalue weighted by Crippen LogP contribution is 2.24. The van der Waals surface area contributed by atoms with Gasteiger partial charge in [-0.3, -0.25) is 0 Å². The van der Waals surface area contributed by atoms with E-state index < -0.39 is 12.3 Å². The molecule has 0 N–H and O–H groups in total. The van der Waals surface area contributed by atoms with Gasteiger partial charge in [0.1, 0.15) is 12.2 Å². The van der Waals surface area contributed by atoms with Crippen LogP contribution in [0.15, 0.2) is 0 Å². The second-order valence-electron chi connectivity index (χ2n) is 8.96. The zero-order chi connectivity index (χ0) is 21.5. The Morgan fingerprint density at radius 2 is 1.03 bits per heavy atom. The molecule has 1 rings (SSSR count). The molecular formula is C23H42O6. The molecule has 1 aliphatic rings. The SMILES string of the molecule is CC(C)CCCCCOC(=O)OC1CCC(OC(=O)OCCCCC(C)C)CC1. The topological polar surface area (TPSA) is 71.1 Å². The number of ether oxygens (including phenoxy) is 4. The van der Waals surface area contributed by atoms with Gasteiger partial charge in [-0.25, -0.2) is 9.59 Å². The van der Waals surface area contributed by atoms with Gasteiger partial charge in [0.2, 0.25) is 0 Å². The van der Waals surface area contributed by atoms with Gasteiger partial charge in [-0.05, 0) is 56.8 Å². The van der Waals surface area contributed by atoms with E-state index in [1.165, 1.54) is 12.8 Å². The second-order valence-corrected chi connectivity index (χ2v) is 8.96. The van der Waals surface area contributed by atoms with Crippen molar-refractivity contribution in [3.8, 4) is 0 Å². The molecule has 0 saturated heterocycles. The molecule has 0 unspecified atom stereocenters. The number of unbranched alkanes of at least 4 members (excludes halogenated alkanes) is 3. The molecule has 1 fully saturated rings. The molecule has 0 aromatic heterocycles. The van der Waals surface area contributed by atoms with Crippen molar-refractivity contribution in [3.05, 3.63) is 0 Å². The normalized spacial score (nSPS) is 19.2. The van der Waals surface area contributed by atoms with Crippen molar-refractivity contribution in [2.45, 2.75) is 111 Å². The van der Waals surface area contributed by atoms with Crippen LogP contribution in [0.3, 0.4) is 0 Å². The molecule has 0 aromatic rings. The van der Waals surface area contributed by atoms with Gasteiger partial charge in [0.15, 0.2) is 0 Å². The van der Waals surface area contributed by atoms with Gasteiger partial charge in [0.25, 0.3) is 0 Å². The summed E-state index contributed by atoms with van der Waals surface area (Å²) in [7, 11) is 0. The zero-order valence-electron chi connectivity index (χ0n) is 19.0. The average molecular weight is 415 g/mol. The number of hydrogen-bond donors (Lipinski definition) is 0. The quantitative estimate of drug-likeness (QED) is 0.248. The van der Waals surface area contributed by atoms with Gasteiger partial charge in [0, 0.05) is 0 Å². The van der Waals surface area contributed by atoms with E-state index in [0.717, 1.165) is 38.0 Å². The van der Waals surface area contributed by atoms with Crippen molar-refractivity contribution < 1.29 is 28.5 Å². The maximum Gasteiger partial charge on any atom is 0.508 e. The van der Waals surface area contributed by atoms with E-state index in [0.29, 0.717) is 44.8 Å². The number of hydrogen-bond acceptors (Lipinski definition) is 6. The predicted molar refractivity (Wildman–Crippen MR) is 113 cm³/mol. The van der Waals surface area contributed by atoms with Crippen LogP contribution in [0.5, 0.6) is 0 Å². The molecule has 0 aromatic carbocycles. The van der Waals surface area contributed by atoms with E-state index in [1.54, 1.807) is 0 Å². The lowest BCUT2D eigenvalue weighted by Gasteiger charge is -2.27. The fourth-order valence-electron chi connectivity index (χ4n) is 3.41. The van der Waals surface area contributed by atoms with E-state index in [4.69, 9.17) is 18.9 Å². The highest BCUT2D eigenvalue weighted by molar-refractivity contribution is 5.60. The summed E-state index contributed by atoms with van der Waals surface area (Å²) >= 11 is 0. The van der Waals surface area contributed by atoms with Crippen LogP contribution in [-0.4, -0.2) is 37.7 Å². The summed E-state index contributed by atoms with van der Waals surface area (Å²) in [5.41, 5.74) is 0. The largest absolute Gasteiger partial charge is 0.508 e. The lowest BCUT2D eigenvalue weighted by Crippen LogP contribution is -2.30. The summed E-state index contributed by atoms with van der Waals surface area (Å²) in [4.78, 5) is 23.5. The fraction of sp³-hybridized carbons (Fsp3) is 0.913. The first kappa shape index (κ1) is 25.6. The molecule has 6 heteroatoms. The summed E-state index contributed by atoms with van der Waals surface area (Å²) in [6.45, 7) is 9.62. The summed E-state index contributed by atoms with van der Waals surface area (Å²) in [5, 5.41) is 0. The van der Waals surface area contributed by atoms with Gasteiger partial charge in [-0.1, -0.05) is 53.4 Å². The molecule has 0 radical (unpaired) electrons. The van der Waals surface area contributed by atoms with E-state index in [2.05, 4.69) is 27.7 Å². The lowest BCUT2D eigenvalue weighted by atomic mass is 9.95. The van der Waals surface area contributed by atoms with Crippen molar-refractivity contribution in [2.75, 3.05) is 13.2 Å². The molecule has 0 heterocycles. The molecule has 0 atom stereocenters. The molecule has 6 nitrogen and oxygen atoms in total. The van der Waals surface area contributed by atoms with Gasteiger partial charge < -0.3 is 18.9 Å². The highest BCUT2D eigenvalue weighted by Gasteiger charge is 2.27. The maximum atomic E-state index is 11.8. The van der Waals surface area contributed by atoms with Gasteiger partial charge in [-0.2, -0.15) is 0 Å². The van der Waals surface area contributed by atoms with Gasteiger partial charge in [0.05, 0.1) is 13.2 Å². The van der Waals surface area contributed by atoms with Crippen molar-refractivity contribution in [1.82, 2.24) is 0 Å². The van der Waals surface area contributed by atoms with Gasteiger partial charge in [-0.15, -0.1) is 0 Å². The van der Waals surface area contributed by atoms with Crippen LogP contribution in [-0.2, 0) is 18.9 Å². The van der Waals surface area contributed by atoms with Crippen LogP contribution in [0, 0.1) is 11.8 Å². The average Bonchev–Trinajstić information content (AvgIpc) is 2.65. The van der Waals surface area contributed by atoms with Crippen LogP contribution in [0.4, 0.5) is 9.59 Å². The molecule has 170 valence electrons. The zero-order valence-corrected chi connectivity index (χ0v) is 19.0. The minimum atomic E-state index is -0.587. The van der Waals surface area contributed by atoms with Crippen molar-refractivity contribution in [2.24, 2.45) is 11.8 Å². The Kier molecular flexibility index (Phi) is 13.6. The summed E-state index contributed by atoms with van der Waals surface area (Å²) in [6.07, 6.45) is 8.61. The first-order valence-corrected chi connectivity index (χ1v) is 11.5. The minimum absolute atomic E-state index is 0.157. The van der Waals surface area contributed by atoms with Crippen molar-refractivity contribution in [3.63, 3.8) is 0 Å². The minimum Gasteiger partial charge on any atom is -0.434 e. The Hall–Kier alpha value is -1.46. The van der Waals surface area contributed by atoms with E-state index in [-0.39, 0.29) is 12.2 Å². The molecule has 0 spiro atoms. The van der Waals surface area contributed by atoms with Crippen molar-refractivity contribution in [1.29, 1.82) is 0 Å². The third-order valence-corrected chi connectivity index (χ3v) is 5.19. The Bertz CT molecular complexity index is 441. The standard InChI is InChI=1S/C23H42O6/c1-18(2)10-6-5-8-16-26-22(24)28-20-12-14-21(15-13-20)29-23(25)27-17-9-7-11-19(3)4/h18-21H,5-17H2,1-4H3. The predicted octanol–water partition coefficient (Wildman–Crippen LogP) is 6.65. The number of carbonyl (C=O) groups is 2. The molecule has 1 aliphatic carbocycles. The highest BCUT2D eigenvalue weighted by atomic mass is 16.7. The Balaban J connectivity index is 2.03. The number of rotatable bonds is 13. The Labute approximate surface area is 177 Å². The summed E-state index contributed by atoms with van der Waals surface area (Å²) in [6, 6.07) is 0.